The summed E-state index contributed by atoms with van der Waals surface area (Å²) in [7, 11) is 1.57. The van der Waals surface area contributed by atoms with Crippen molar-refractivity contribution in [2.24, 2.45) is 4.99 Å². The Labute approximate surface area is 98.3 Å². The van der Waals surface area contributed by atoms with Crippen molar-refractivity contribution < 1.29 is 9.59 Å². The summed E-state index contributed by atoms with van der Waals surface area (Å²) in [6.45, 7) is 3.85. The van der Waals surface area contributed by atoms with Crippen molar-refractivity contribution in [2.45, 2.75) is 25.9 Å². The van der Waals surface area contributed by atoms with Crippen LogP contribution in [0.5, 0.6) is 0 Å². The topological polar surface area (TPSA) is 65.0 Å². The van der Waals surface area contributed by atoms with E-state index in [9.17, 15) is 9.59 Å². The number of nitrogens with zero attached hydrogens (tertiary/aromatic N) is 3. The van der Waals surface area contributed by atoms with Crippen LogP contribution in [-0.2, 0) is 4.79 Å². The van der Waals surface area contributed by atoms with Crippen LogP contribution in [0, 0.1) is 0 Å². The normalized spacial score (nSPS) is 24.9. The standard InChI is InChI=1S/C9H12N4O2S/c1-4(2)13-5-6(10-9(13)16)12(3)8(15)11-7(5)14/h4-5H,1-3H3,(H,11,14,15). The third-order valence-electron chi connectivity index (χ3n) is 2.64. The van der Waals surface area contributed by atoms with Gasteiger partial charge in [0, 0.05) is 13.1 Å². The third-order valence-corrected chi connectivity index (χ3v) is 2.94. The second-order valence-corrected chi connectivity index (χ2v) is 4.37. The summed E-state index contributed by atoms with van der Waals surface area (Å²) < 4.78 is 0. The van der Waals surface area contributed by atoms with Crippen LogP contribution in [0.4, 0.5) is 4.79 Å². The molecule has 1 N–H and O–H groups in total. The average molecular weight is 240 g/mol. The Kier molecular flexibility index (Phi) is 2.42. The van der Waals surface area contributed by atoms with Gasteiger partial charge in [-0.25, -0.2) is 9.79 Å². The first-order chi connectivity index (χ1) is 7.43. The SMILES string of the molecule is CC(C)N1C(=S)N=C2C1C(=O)NC(=O)N2C. The van der Waals surface area contributed by atoms with Gasteiger partial charge >= 0.3 is 6.03 Å². The van der Waals surface area contributed by atoms with Gasteiger partial charge < -0.3 is 4.90 Å². The van der Waals surface area contributed by atoms with Gasteiger partial charge in [0.15, 0.2) is 11.2 Å². The maximum absolute atomic E-state index is 11.8. The first kappa shape index (κ1) is 11.0. The lowest BCUT2D eigenvalue weighted by Gasteiger charge is -2.34. The van der Waals surface area contributed by atoms with Gasteiger partial charge in [-0.2, -0.15) is 0 Å². The minimum absolute atomic E-state index is 0.0612. The fourth-order valence-electron chi connectivity index (χ4n) is 1.83. The van der Waals surface area contributed by atoms with Crippen LogP contribution in [0.25, 0.3) is 0 Å². The zero-order chi connectivity index (χ0) is 12.0. The van der Waals surface area contributed by atoms with Gasteiger partial charge in [-0.05, 0) is 26.1 Å². The quantitative estimate of drug-likeness (QED) is 0.652. The molecule has 0 aromatic rings. The molecule has 3 amide bonds. The number of carbonyl (C=O) groups is 2. The molecule has 86 valence electrons. The summed E-state index contributed by atoms with van der Waals surface area (Å²) in [5.41, 5.74) is 0. The van der Waals surface area contributed by atoms with Gasteiger partial charge in [0.2, 0.25) is 0 Å². The van der Waals surface area contributed by atoms with E-state index < -0.39 is 12.1 Å². The molecule has 0 bridgehead atoms. The molecular weight excluding hydrogens is 228 g/mol. The number of likely N-dealkylation sites (N-methyl/N-ethyl adjacent to an activating group) is 1. The molecule has 0 aromatic carbocycles. The number of hydrogen-bond donors (Lipinski definition) is 1. The maximum Gasteiger partial charge on any atom is 0.329 e. The summed E-state index contributed by atoms with van der Waals surface area (Å²) in [5, 5.41) is 2.63. The Morgan fingerprint density at radius 1 is 1.44 bits per heavy atom. The number of amides is 3. The van der Waals surface area contributed by atoms with Gasteiger partial charge in [-0.1, -0.05) is 0 Å². The highest BCUT2D eigenvalue weighted by Gasteiger charge is 2.46. The van der Waals surface area contributed by atoms with Crippen molar-refractivity contribution in [3.05, 3.63) is 0 Å². The fourth-order valence-corrected chi connectivity index (χ4v) is 2.24. The molecule has 2 rings (SSSR count). The molecule has 7 heteroatoms. The van der Waals surface area contributed by atoms with Gasteiger partial charge in [-0.3, -0.25) is 15.0 Å². The van der Waals surface area contributed by atoms with E-state index in [0.717, 1.165) is 0 Å². The molecule has 0 aromatic heterocycles. The number of urea groups is 1. The highest BCUT2D eigenvalue weighted by Crippen LogP contribution is 2.21. The van der Waals surface area contributed by atoms with Crippen molar-refractivity contribution in [1.29, 1.82) is 0 Å². The first-order valence-electron chi connectivity index (χ1n) is 4.93. The number of fused-ring (bicyclic) bond motifs is 1. The number of carbonyl (C=O) groups excluding carboxylic acids is 2. The van der Waals surface area contributed by atoms with Crippen molar-refractivity contribution in [3.8, 4) is 0 Å². The first-order valence-corrected chi connectivity index (χ1v) is 5.33. The molecule has 0 saturated carbocycles. The minimum atomic E-state index is -0.574. The monoisotopic (exact) mass is 240 g/mol. The number of aliphatic imine (C=N–C) groups is 1. The molecule has 2 heterocycles. The fraction of sp³-hybridized carbons (Fsp3) is 0.556. The number of amidine groups is 1. The van der Waals surface area contributed by atoms with Crippen LogP contribution in [0.15, 0.2) is 4.99 Å². The second-order valence-electron chi connectivity index (χ2n) is 4.01. The van der Waals surface area contributed by atoms with Crippen LogP contribution >= 0.6 is 12.2 Å². The average Bonchev–Trinajstić information content (AvgIpc) is 2.52. The van der Waals surface area contributed by atoms with Crippen molar-refractivity contribution in [3.63, 3.8) is 0 Å². The van der Waals surface area contributed by atoms with Crippen LogP contribution in [0.1, 0.15) is 13.8 Å². The molecule has 6 nitrogen and oxygen atoms in total. The van der Waals surface area contributed by atoms with Crippen molar-refractivity contribution in [2.75, 3.05) is 7.05 Å². The summed E-state index contributed by atoms with van der Waals surface area (Å²) in [6, 6.07) is -0.977. The van der Waals surface area contributed by atoms with Gasteiger partial charge in [0.25, 0.3) is 5.91 Å². The molecule has 1 atom stereocenters. The van der Waals surface area contributed by atoms with Gasteiger partial charge in [0.1, 0.15) is 5.84 Å². The summed E-state index contributed by atoms with van der Waals surface area (Å²) >= 11 is 5.10. The van der Waals surface area contributed by atoms with E-state index in [1.165, 1.54) is 4.90 Å². The molecule has 1 fully saturated rings. The summed E-state index contributed by atoms with van der Waals surface area (Å²) in [5.74, 6) is 0.0443. The summed E-state index contributed by atoms with van der Waals surface area (Å²) in [4.78, 5) is 30.3. The lowest BCUT2D eigenvalue weighted by atomic mass is 10.1. The number of hydrogen-bond acceptors (Lipinski definition) is 3. The van der Waals surface area contributed by atoms with E-state index in [4.69, 9.17) is 12.2 Å². The Bertz CT molecular complexity index is 418. The third kappa shape index (κ3) is 1.39. The second kappa shape index (κ2) is 3.51. The lowest BCUT2D eigenvalue weighted by molar-refractivity contribution is -0.123. The molecule has 1 unspecified atom stereocenters. The largest absolute Gasteiger partial charge is 0.329 e. The predicted molar refractivity (Wildman–Crippen MR) is 62.1 cm³/mol. The highest BCUT2D eigenvalue weighted by atomic mass is 32.1. The molecule has 0 aliphatic carbocycles. The van der Waals surface area contributed by atoms with E-state index in [-0.39, 0.29) is 11.9 Å². The highest BCUT2D eigenvalue weighted by molar-refractivity contribution is 7.80. The zero-order valence-corrected chi connectivity index (χ0v) is 10.0. The summed E-state index contributed by atoms with van der Waals surface area (Å²) in [6.07, 6.45) is 0. The molecule has 2 aliphatic rings. The molecule has 0 radical (unpaired) electrons. The number of rotatable bonds is 1. The van der Waals surface area contributed by atoms with Gasteiger partial charge in [0.05, 0.1) is 0 Å². The number of nitrogens with one attached hydrogen (secondary N) is 1. The maximum atomic E-state index is 11.8. The molecule has 16 heavy (non-hydrogen) atoms. The van der Waals surface area contributed by atoms with Crippen LogP contribution in [0.3, 0.4) is 0 Å². The van der Waals surface area contributed by atoms with E-state index in [1.807, 2.05) is 13.8 Å². The molecule has 2 aliphatic heterocycles. The molecule has 1 saturated heterocycles. The van der Waals surface area contributed by atoms with E-state index in [0.29, 0.717) is 10.9 Å². The Hall–Kier alpha value is -1.50. The number of thiocarbonyl (C=S) groups is 1. The van der Waals surface area contributed by atoms with Crippen LogP contribution in [-0.4, -0.2) is 51.8 Å². The smallest absolute Gasteiger partial charge is 0.326 e. The van der Waals surface area contributed by atoms with E-state index in [1.54, 1.807) is 11.9 Å². The molecular formula is C9H12N4O2S. The van der Waals surface area contributed by atoms with Crippen LogP contribution in [0.2, 0.25) is 0 Å². The van der Waals surface area contributed by atoms with Crippen molar-refractivity contribution in [1.82, 2.24) is 15.1 Å². The minimum Gasteiger partial charge on any atom is -0.326 e. The van der Waals surface area contributed by atoms with Crippen LogP contribution < -0.4 is 5.32 Å². The van der Waals surface area contributed by atoms with E-state index in [2.05, 4.69) is 10.3 Å². The Morgan fingerprint density at radius 2 is 2.06 bits per heavy atom. The Balaban J connectivity index is 2.41. The predicted octanol–water partition coefficient (Wildman–Crippen LogP) is -0.0560. The Morgan fingerprint density at radius 3 is 2.62 bits per heavy atom. The number of imide groups is 1. The zero-order valence-electron chi connectivity index (χ0n) is 9.22. The van der Waals surface area contributed by atoms with E-state index >= 15 is 0 Å². The lowest BCUT2D eigenvalue weighted by Crippen LogP contribution is -2.63. The molecule has 0 spiro atoms. The van der Waals surface area contributed by atoms with Gasteiger partial charge in [-0.15, -0.1) is 0 Å². The van der Waals surface area contributed by atoms with Crippen molar-refractivity contribution >= 4 is 35.1 Å².